The fourth-order valence-electron chi connectivity index (χ4n) is 1.42. The molecule has 0 aliphatic heterocycles. The number of hydrogen-bond acceptors (Lipinski definition) is 3. The van der Waals surface area contributed by atoms with Crippen molar-refractivity contribution in [1.82, 2.24) is 0 Å². The topological polar surface area (TPSA) is 43.4 Å². The van der Waals surface area contributed by atoms with Crippen molar-refractivity contribution in [1.29, 1.82) is 0 Å². The Bertz CT molecular complexity index is 804. The number of halogens is 6. The first-order chi connectivity index (χ1) is 10.1. The van der Waals surface area contributed by atoms with Gasteiger partial charge in [-0.05, 0) is 24.3 Å². The van der Waals surface area contributed by atoms with Crippen LogP contribution in [-0.2, 0) is 10.1 Å². The molecule has 0 aliphatic carbocycles. The highest BCUT2D eigenvalue weighted by atomic mass is 32.2. The first-order valence-electron chi connectivity index (χ1n) is 5.36. The highest BCUT2D eigenvalue weighted by Crippen LogP contribution is 2.31. The van der Waals surface area contributed by atoms with Gasteiger partial charge in [0.05, 0.1) is 0 Å². The highest BCUT2D eigenvalue weighted by Gasteiger charge is 2.30. The minimum absolute atomic E-state index is 0.691. The minimum atomic E-state index is -4.92. The lowest BCUT2D eigenvalue weighted by atomic mass is 10.3. The Morgan fingerprint density at radius 1 is 0.682 bits per heavy atom. The summed E-state index contributed by atoms with van der Waals surface area (Å²) in [5, 5.41) is 0. The van der Waals surface area contributed by atoms with Crippen LogP contribution in [0.2, 0.25) is 0 Å². The van der Waals surface area contributed by atoms with Gasteiger partial charge in [-0.3, -0.25) is 0 Å². The van der Waals surface area contributed by atoms with Gasteiger partial charge in [0.25, 0.3) is 0 Å². The third kappa shape index (κ3) is 2.73. The van der Waals surface area contributed by atoms with Gasteiger partial charge in [0.15, 0.2) is 0 Å². The van der Waals surface area contributed by atoms with Gasteiger partial charge in [0.1, 0.15) is 10.7 Å². The zero-order chi connectivity index (χ0) is 16.7. The van der Waals surface area contributed by atoms with Gasteiger partial charge in [0.2, 0.25) is 34.8 Å². The van der Waals surface area contributed by atoms with E-state index in [2.05, 4.69) is 4.18 Å². The van der Waals surface area contributed by atoms with Crippen molar-refractivity contribution in [3.63, 3.8) is 0 Å². The van der Waals surface area contributed by atoms with Crippen molar-refractivity contribution in [2.24, 2.45) is 0 Å². The number of hydrogen-bond donors (Lipinski definition) is 0. The summed E-state index contributed by atoms with van der Waals surface area (Å²) in [6.45, 7) is 0. The second kappa shape index (κ2) is 5.52. The zero-order valence-corrected chi connectivity index (χ0v) is 11.0. The van der Waals surface area contributed by atoms with E-state index in [9.17, 15) is 34.8 Å². The predicted molar refractivity (Wildman–Crippen MR) is 60.4 cm³/mol. The maximum absolute atomic E-state index is 13.3. The molecule has 3 nitrogen and oxygen atoms in total. The summed E-state index contributed by atoms with van der Waals surface area (Å²) in [6.07, 6.45) is 0. The summed E-state index contributed by atoms with van der Waals surface area (Å²) in [6, 6.07) is 2.79. The SMILES string of the molecule is O=S(=O)(Oc1c(F)c(F)c(F)c(F)c1F)c1ccc(F)cc1. The lowest BCUT2D eigenvalue weighted by molar-refractivity contribution is 0.346. The predicted octanol–water partition coefficient (Wildman–Crippen LogP) is 3.29. The quantitative estimate of drug-likeness (QED) is 0.372. The molecule has 10 heteroatoms. The van der Waals surface area contributed by atoms with Crippen molar-refractivity contribution in [2.75, 3.05) is 0 Å². The molecule has 0 atom stereocenters. The Labute approximate surface area is 119 Å². The van der Waals surface area contributed by atoms with Crippen LogP contribution in [0, 0.1) is 34.9 Å². The Morgan fingerprint density at radius 2 is 1.09 bits per heavy atom. The normalized spacial score (nSPS) is 11.5. The van der Waals surface area contributed by atoms with Crippen LogP contribution < -0.4 is 4.18 Å². The Balaban J connectivity index is 2.53. The average Bonchev–Trinajstić information content (AvgIpc) is 2.48. The third-order valence-corrected chi connectivity index (χ3v) is 3.70. The summed E-state index contributed by atoms with van der Waals surface area (Å²) in [5.74, 6) is -14.8. The first-order valence-corrected chi connectivity index (χ1v) is 6.77. The fourth-order valence-corrected chi connectivity index (χ4v) is 2.35. The maximum Gasteiger partial charge on any atom is 0.339 e. The fraction of sp³-hybridized carbons (Fsp3) is 0. The molecule has 0 heterocycles. The lowest BCUT2D eigenvalue weighted by Crippen LogP contribution is -2.14. The molecule has 118 valence electrons. The smallest absolute Gasteiger partial charge is 0.339 e. The molecule has 2 aromatic carbocycles. The summed E-state index contributed by atoms with van der Waals surface area (Å²) in [7, 11) is -4.92. The molecule has 0 N–H and O–H groups in total. The van der Waals surface area contributed by atoms with E-state index in [0.717, 1.165) is 0 Å². The van der Waals surface area contributed by atoms with Crippen molar-refractivity contribution in [2.45, 2.75) is 4.90 Å². The molecule has 0 bridgehead atoms. The second-order valence-electron chi connectivity index (χ2n) is 3.89. The van der Waals surface area contributed by atoms with E-state index < -0.39 is 55.7 Å². The van der Waals surface area contributed by atoms with Gasteiger partial charge in [0, 0.05) is 0 Å². The molecule has 0 aliphatic rings. The van der Waals surface area contributed by atoms with Gasteiger partial charge in [-0.2, -0.15) is 17.2 Å². The van der Waals surface area contributed by atoms with Crippen LogP contribution in [0.25, 0.3) is 0 Å². The Hall–Kier alpha value is -2.23. The van der Waals surface area contributed by atoms with Crippen molar-refractivity contribution in [3.05, 3.63) is 59.2 Å². The molecular formula is C12H4F6O3S. The highest BCUT2D eigenvalue weighted by molar-refractivity contribution is 7.87. The molecule has 22 heavy (non-hydrogen) atoms. The van der Waals surface area contributed by atoms with E-state index in [1.54, 1.807) is 0 Å². The Morgan fingerprint density at radius 3 is 1.55 bits per heavy atom. The standard InChI is InChI=1S/C12H4F6O3S/c13-5-1-3-6(4-2-5)22(19,20)21-12-10(17)8(15)7(14)9(16)11(12)18/h1-4H. The number of benzene rings is 2. The van der Waals surface area contributed by atoms with Crippen molar-refractivity contribution < 1.29 is 38.9 Å². The van der Waals surface area contributed by atoms with Gasteiger partial charge in [-0.25, -0.2) is 17.6 Å². The van der Waals surface area contributed by atoms with Gasteiger partial charge in [-0.15, -0.1) is 0 Å². The summed E-state index contributed by atoms with van der Waals surface area (Å²) in [5.41, 5.74) is 0. The molecule has 0 aromatic heterocycles. The molecular weight excluding hydrogens is 338 g/mol. The summed E-state index contributed by atoms with van der Waals surface area (Å²) in [4.78, 5) is -0.738. The van der Waals surface area contributed by atoms with Crippen molar-refractivity contribution in [3.8, 4) is 5.75 Å². The first kappa shape index (κ1) is 16.1. The summed E-state index contributed by atoms with van der Waals surface area (Å²) < 4.78 is 105. The summed E-state index contributed by atoms with van der Waals surface area (Å²) >= 11 is 0. The van der Waals surface area contributed by atoms with E-state index in [0.29, 0.717) is 24.3 Å². The van der Waals surface area contributed by atoms with Crippen LogP contribution in [0.15, 0.2) is 29.2 Å². The lowest BCUT2D eigenvalue weighted by Gasteiger charge is -2.10. The molecule has 0 unspecified atom stereocenters. The molecule has 0 saturated carbocycles. The van der Waals surface area contributed by atoms with Crippen LogP contribution in [0.5, 0.6) is 5.75 Å². The number of rotatable bonds is 3. The van der Waals surface area contributed by atoms with Crippen LogP contribution in [0.1, 0.15) is 0 Å². The molecule has 0 radical (unpaired) electrons. The molecule has 2 rings (SSSR count). The van der Waals surface area contributed by atoms with Gasteiger partial charge >= 0.3 is 10.1 Å². The van der Waals surface area contributed by atoms with E-state index >= 15 is 0 Å². The van der Waals surface area contributed by atoms with E-state index in [1.165, 1.54) is 0 Å². The molecule has 2 aromatic rings. The average molecular weight is 342 g/mol. The van der Waals surface area contributed by atoms with E-state index in [4.69, 9.17) is 0 Å². The maximum atomic E-state index is 13.3. The molecule has 0 fully saturated rings. The van der Waals surface area contributed by atoms with Crippen LogP contribution >= 0.6 is 0 Å². The third-order valence-electron chi connectivity index (χ3n) is 2.46. The Kier molecular flexibility index (Phi) is 4.05. The molecule has 0 spiro atoms. The van der Waals surface area contributed by atoms with Gasteiger partial charge < -0.3 is 4.18 Å². The van der Waals surface area contributed by atoms with Crippen LogP contribution in [-0.4, -0.2) is 8.42 Å². The van der Waals surface area contributed by atoms with Crippen LogP contribution in [0.3, 0.4) is 0 Å². The van der Waals surface area contributed by atoms with E-state index in [-0.39, 0.29) is 0 Å². The van der Waals surface area contributed by atoms with Crippen LogP contribution in [0.4, 0.5) is 26.3 Å². The van der Waals surface area contributed by atoms with Crippen molar-refractivity contribution >= 4 is 10.1 Å². The molecule has 0 saturated heterocycles. The second-order valence-corrected chi connectivity index (χ2v) is 5.44. The monoisotopic (exact) mass is 342 g/mol. The van der Waals surface area contributed by atoms with Gasteiger partial charge in [-0.1, -0.05) is 0 Å². The zero-order valence-electron chi connectivity index (χ0n) is 10.2. The largest absolute Gasteiger partial charge is 0.372 e. The minimum Gasteiger partial charge on any atom is -0.372 e. The van der Waals surface area contributed by atoms with E-state index in [1.807, 2.05) is 0 Å². The molecule has 0 amide bonds.